The molecule has 1 heterocycles. The van der Waals surface area contributed by atoms with E-state index < -0.39 is 0 Å². The molecule has 0 aliphatic carbocycles. The van der Waals surface area contributed by atoms with Crippen LogP contribution in [-0.4, -0.2) is 12.6 Å². The van der Waals surface area contributed by atoms with Crippen LogP contribution in [0, 0.1) is 11.8 Å². The van der Waals surface area contributed by atoms with E-state index in [0.29, 0.717) is 24.9 Å². The van der Waals surface area contributed by atoms with E-state index in [1.165, 1.54) is 0 Å². The smallest absolute Gasteiger partial charge is 0.306 e. The van der Waals surface area contributed by atoms with Crippen LogP contribution >= 0.6 is 0 Å². The molecule has 1 aliphatic rings. The van der Waals surface area contributed by atoms with Crippen LogP contribution in [0.1, 0.15) is 26.7 Å². The first-order chi connectivity index (χ1) is 4.68. The van der Waals surface area contributed by atoms with E-state index in [4.69, 9.17) is 4.74 Å². The Kier molecular flexibility index (Phi) is 2.30. The molecule has 0 radical (unpaired) electrons. The summed E-state index contributed by atoms with van der Waals surface area (Å²) < 4.78 is 4.83. The molecular weight excluding hydrogens is 128 g/mol. The minimum Gasteiger partial charge on any atom is -0.465 e. The highest BCUT2D eigenvalue weighted by Crippen LogP contribution is 2.21. The van der Waals surface area contributed by atoms with Gasteiger partial charge in [-0.15, -0.1) is 0 Å². The number of esters is 1. The number of cyclic esters (lactones) is 1. The summed E-state index contributed by atoms with van der Waals surface area (Å²) in [5.41, 5.74) is 0. The summed E-state index contributed by atoms with van der Waals surface area (Å²) in [6.07, 6.45) is 1.75. The van der Waals surface area contributed by atoms with Crippen LogP contribution in [0.15, 0.2) is 0 Å². The van der Waals surface area contributed by atoms with Crippen molar-refractivity contribution < 1.29 is 9.53 Å². The summed E-state index contributed by atoms with van der Waals surface area (Å²) in [6.45, 7) is 4.99. The van der Waals surface area contributed by atoms with Crippen molar-refractivity contribution >= 4 is 5.97 Å². The first-order valence-electron chi connectivity index (χ1n) is 3.84. The van der Waals surface area contributed by atoms with Gasteiger partial charge in [-0.25, -0.2) is 0 Å². The van der Waals surface area contributed by atoms with Gasteiger partial charge in [-0.05, 0) is 12.3 Å². The van der Waals surface area contributed by atoms with Crippen LogP contribution in [0.3, 0.4) is 0 Å². The first-order valence-corrected chi connectivity index (χ1v) is 3.84. The highest BCUT2D eigenvalue weighted by atomic mass is 16.5. The van der Waals surface area contributed by atoms with Gasteiger partial charge < -0.3 is 4.74 Å². The average Bonchev–Trinajstić information content (AvgIpc) is 2.13. The van der Waals surface area contributed by atoms with Crippen molar-refractivity contribution in [1.29, 1.82) is 0 Å². The van der Waals surface area contributed by atoms with Gasteiger partial charge >= 0.3 is 5.97 Å². The lowest BCUT2D eigenvalue weighted by atomic mass is 9.97. The third-order valence-electron chi connectivity index (χ3n) is 1.74. The van der Waals surface area contributed by atoms with Crippen molar-refractivity contribution in [2.24, 2.45) is 11.8 Å². The van der Waals surface area contributed by atoms with Crippen LogP contribution < -0.4 is 0 Å². The van der Waals surface area contributed by atoms with Crippen molar-refractivity contribution in [3.05, 3.63) is 0 Å². The number of ether oxygens (including phenoxy) is 1. The number of hydrogen-bond donors (Lipinski definition) is 0. The molecule has 1 saturated heterocycles. The van der Waals surface area contributed by atoms with Crippen molar-refractivity contribution in [2.75, 3.05) is 6.61 Å². The maximum Gasteiger partial charge on any atom is 0.306 e. The molecule has 1 aliphatic heterocycles. The topological polar surface area (TPSA) is 26.3 Å². The molecule has 0 bridgehead atoms. The number of rotatable bonds is 2. The normalized spacial score (nSPS) is 25.5. The molecule has 0 unspecified atom stereocenters. The molecule has 58 valence electrons. The molecule has 1 rings (SSSR count). The zero-order valence-corrected chi connectivity index (χ0v) is 6.59. The van der Waals surface area contributed by atoms with Crippen molar-refractivity contribution in [2.45, 2.75) is 26.7 Å². The molecule has 0 aromatic carbocycles. The molecule has 0 amide bonds. The molecule has 10 heavy (non-hydrogen) atoms. The predicted molar refractivity (Wildman–Crippen MR) is 38.5 cm³/mol. The average molecular weight is 142 g/mol. The van der Waals surface area contributed by atoms with Gasteiger partial charge in [-0.1, -0.05) is 13.8 Å². The lowest BCUT2D eigenvalue weighted by Crippen LogP contribution is -2.03. The lowest BCUT2D eigenvalue weighted by molar-refractivity contribution is -0.137. The van der Waals surface area contributed by atoms with E-state index in [-0.39, 0.29) is 5.97 Å². The van der Waals surface area contributed by atoms with Crippen LogP contribution in [0.2, 0.25) is 0 Å². The molecule has 0 spiro atoms. The molecule has 2 nitrogen and oxygen atoms in total. The van der Waals surface area contributed by atoms with E-state index in [0.717, 1.165) is 6.42 Å². The minimum atomic E-state index is -0.0225. The van der Waals surface area contributed by atoms with Gasteiger partial charge in [0.25, 0.3) is 0 Å². The second-order valence-corrected chi connectivity index (χ2v) is 3.38. The van der Waals surface area contributed by atoms with Crippen LogP contribution in [0.25, 0.3) is 0 Å². The Bertz CT molecular complexity index is 129. The SMILES string of the molecule is CC(C)C[C@H]1COC(=O)C1. The fourth-order valence-electron chi connectivity index (χ4n) is 1.38. The Morgan fingerprint density at radius 1 is 1.70 bits per heavy atom. The predicted octanol–water partition coefficient (Wildman–Crippen LogP) is 1.60. The third kappa shape index (κ3) is 2.01. The summed E-state index contributed by atoms with van der Waals surface area (Å²) >= 11 is 0. The molecule has 0 aromatic heterocycles. The second kappa shape index (κ2) is 3.04. The van der Waals surface area contributed by atoms with Gasteiger partial charge in [0, 0.05) is 5.92 Å². The minimum absolute atomic E-state index is 0.0225. The van der Waals surface area contributed by atoms with E-state index >= 15 is 0 Å². The largest absolute Gasteiger partial charge is 0.465 e. The van der Waals surface area contributed by atoms with Crippen LogP contribution in [0.5, 0.6) is 0 Å². The van der Waals surface area contributed by atoms with Gasteiger partial charge in [0.2, 0.25) is 0 Å². The summed E-state index contributed by atoms with van der Waals surface area (Å²) in [5, 5.41) is 0. The quantitative estimate of drug-likeness (QED) is 0.547. The van der Waals surface area contributed by atoms with Gasteiger partial charge in [-0.2, -0.15) is 0 Å². The lowest BCUT2D eigenvalue weighted by Gasteiger charge is -2.07. The number of carbonyl (C=O) groups is 1. The third-order valence-corrected chi connectivity index (χ3v) is 1.74. The summed E-state index contributed by atoms with van der Waals surface area (Å²) in [5.74, 6) is 1.15. The number of carbonyl (C=O) groups excluding carboxylic acids is 1. The second-order valence-electron chi connectivity index (χ2n) is 3.38. The maximum atomic E-state index is 10.6. The zero-order chi connectivity index (χ0) is 7.56. The molecule has 0 saturated carbocycles. The molecule has 1 atom stereocenters. The Labute approximate surface area is 61.6 Å². The number of hydrogen-bond acceptors (Lipinski definition) is 2. The Morgan fingerprint density at radius 2 is 2.40 bits per heavy atom. The fraction of sp³-hybridized carbons (Fsp3) is 0.875. The molecule has 0 N–H and O–H groups in total. The van der Waals surface area contributed by atoms with Crippen LogP contribution in [-0.2, 0) is 9.53 Å². The van der Waals surface area contributed by atoms with Gasteiger partial charge in [0.05, 0.1) is 13.0 Å². The zero-order valence-electron chi connectivity index (χ0n) is 6.59. The standard InChI is InChI=1S/C8H14O2/c1-6(2)3-7-4-8(9)10-5-7/h6-7H,3-5H2,1-2H3/t7-/m1/s1. The van der Waals surface area contributed by atoms with Crippen molar-refractivity contribution in [3.63, 3.8) is 0 Å². The summed E-state index contributed by atoms with van der Waals surface area (Å²) in [6, 6.07) is 0. The molecule has 2 heteroatoms. The Morgan fingerprint density at radius 3 is 2.80 bits per heavy atom. The molecular formula is C8H14O2. The monoisotopic (exact) mass is 142 g/mol. The van der Waals surface area contributed by atoms with Crippen molar-refractivity contribution in [3.8, 4) is 0 Å². The van der Waals surface area contributed by atoms with E-state index in [1.807, 2.05) is 0 Å². The van der Waals surface area contributed by atoms with E-state index in [9.17, 15) is 4.79 Å². The highest BCUT2D eigenvalue weighted by molar-refractivity contribution is 5.71. The van der Waals surface area contributed by atoms with Crippen LogP contribution in [0.4, 0.5) is 0 Å². The Hall–Kier alpha value is -0.530. The molecule has 1 fully saturated rings. The fourth-order valence-corrected chi connectivity index (χ4v) is 1.38. The van der Waals surface area contributed by atoms with Crippen molar-refractivity contribution in [1.82, 2.24) is 0 Å². The first kappa shape index (κ1) is 7.58. The van der Waals surface area contributed by atoms with Gasteiger partial charge in [0.15, 0.2) is 0 Å². The maximum absolute atomic E-state index is 10.6. The Balaban J connectivity index is 2.24. The van der Waals surface area contributed by atoms with Gasteiger partial charge in [0.1, 0.15) is 0 Å². The molecule has 0 aromatic rings. The summed E-state index contributed by atoms with van der Waals surface area (Å²) in [7, 11) is 0. The van der Waals surface area contributed by atoms with E-state index in [2.05, 4.69) is 13.8 Å². The van der Waals surface area contributed by atoms with E-state index in [1.54, 1.807) is 0 Å². The summed E-state index contributed by atoms with van der Waals surface area (Å²) in [4.78, 5) is 10.6. The van der Waals surface area contributed by atoms with Gasteiger partial charge in [-0.3, -0.25) is 4.79 Å². The highest BCUT2D eigenvalue weighted by Gasteiger charge is 2.23.